The zero-order valence-corrected chi connectivity index (χ0v) is 16.9. The number of fused-ring (bicyclic) bond motifs is 1. The zero-order chi connectivity index (χ0) is 21.1. The van der Waals surface area contributed by atoms with E-state index in [1.54, 1.807) is 36.7 Å². The van der Waals surface area contributed by atoms with Crippen LogP contribution in [0.15, 0.2) is 55.1 Å². The number of hydrogen-bond donors (Lipinski definition) is 1. The smallest absolute Gasteiger partial charge is 0.256 e. The Morgan fingerprint density at radius 2 is 2.13 bits per heavy atom. The third-order valence-corrected chi connectivity index (χ3v) is 5.24. The lowest BCUT2D eigenvalue weighted by molar-refractivity contribution is -0.126. The lowest BCUT2D eigenvalue weighted by Gasteiger charge is -2.35. The number of rotatable bonds is 5. The summed E-state index contributed by atoms with van der Waals surface area (Å²) in [5.74, 6) is 0.248. The SMILES string of the molecule is COc1cccc(CNC(=O)C2c3c(ncn3C)CCN2C(=O)c2cccnc2)c1. The standard InChI is InChI=1S/C22H23N5O3/c1-26-14-25-18-8-10-27(22(29)16-6-4-9-23-13-16)20(19(18)26)21(28)24-12-15-5-3-7-17(11-15)30-2/h3-7,9,11,13-14,20H,8,10,12H2,1-2H3,(H,24,28). The van der Waals surface area contributed by atoms with Crippen LogP contribution in [0.2, 0.25) is 0 Å². The first-order valence-electron chi connectivity index (χ1n) is 9.70. The van der Waals surface area contributed by atoms with Gasteiger partial charge in [-0.05, 0) is 29.8 Å². The summed E-state index contributed by atoms with van der Waals surface area (Å²) >= 11 is 0. The zero-order valence-electron chi connectivity index (χ0n) is 16.9. The van der Waals surface area contributed by atoms with Crippen molar-refractivity contribution in [2.45, 2.75) is 19.0 Å². The molecule has 1 aliphatic rings. The van der Waals surface area contributed by atoms with Crippen LogP contribution in [0.5, 0.6) is 5.75 Å². The van der Waals surface area contributed by atoms with E-state index in [1.165, 1.54) is 6.20 Å². The molecule has 30 heavy (non-hydrogen) atoms. The lowest BCUT2D eigenvalue weighted by Crippen LogP contribution is -2.47. The number of aromatic nitrogens is 3. The summed E-state index contributed by atoms with van der Waals surface area (Å²) in [7, 11) is 3.44. The maximum Gasteiger partial charge on any atom is 0.256 e. The summed E-state index contributed by atoms with van der Waals surface area (Å²) in [4.78, 5) is 36.5. The summed E-state index contributed by atoms with van der Waals surface area (Å²) in [6, 6.07) is 10.2. The quantitative estimate of drug-likeness (QED) is 0.700. The van der Waals surface area contributed by atoms with E-state index in [9.17, 15) is 9.59 Å². The summed E-state index contributed by atoms with van der Waals surface area (Å²) in [5.41, 5.74) is 2.94. The van der Waals surface area contributed by atoms with Crippen LogP contribution in [0.3, 0.4) is 0 Å². The van der Waals surface area contributed by atoms with Gasteiger partial charge in [0, 0.05) is 39.0 Å². The van der Waals surface area contributed by atoms with Crippen LogP contribution in [-0.2, 0) is 24.8 Å². The van der Waals surface area contributed by atoms with E-state index in [-0.39, 0.29) is 11.8 Å². The molecule has 0 radical (unpaired) electrons. The number of carbonyl (C=O) groups excluding carboxylic acids is 2. The minimum atomic E-state index is -0.764. The number of hydrogen-bond acceptors (Lipinski definition) is 5. The molecule has 3 heterocycles. The minimum absolute atomic E-state index is 0.225. The Kier molecular flexibility index (Phi) is 5.47. The van der Waals surface area contributed by atoms with E-state index in [2.05, 4.69) is 15.3 Å². The Balaban J connectivity index is 1.61. The molecule has 8 nitrogen and oxygen atoms in total. The monoisotopic (exact) mass is 405 g/mol. The van der Waals surface area contributed by atoms with Crippen LogP contribution >= 0.6 is 0 Å². The Labute approximate surface area is 174 Å². The fraction of sp³-hybridized carbons (Fsp3) is 0.273. The Bertz CT molecular complexity index is 1060. The van der Waals surface area contributed by atoms with E-state index in [0.29, 0.717) is 25.1 Å². The molecule has 154 valence electrons. The molecule has 4 rings (SSSR count). The molecule has 1 N–H and O–H groups in total. The summed E-state index contributed by atoms with van der Waals surface area (Å²) in [6.07, 6.45) is 5.42. The second kappa shape index (κ2) is 8.36. The number of amides is 2. The van der Waals surface area contributed by atoms with Gasteiger partial charge >= 0.3 is 0 Å². The van der Waals surface area contributed by atoms with Gasteiger partial charge in [0.15, 0.2) is 6.04 Å². The molecule has 2 amide bonds. The van der Waals surface area contributed by atoms with Crippen molar-refractivity contribution in [3.63, 3.8) is 0 Å². The predicted molar refractivity (Wildman–Crippen MR) is 110 cm³/mol. The van der Waals surface area contributed by atoms with Gasteiger partial charge in [-0.1, -0.05) is 12.1 Å². The molecule has 1 atom stereocenters. The topological polar surface area (TPSA) is 89.4 Å². The van der Waals surface area contributed by atoms with Gasteiger partial charge in [0.2, 0.25) is 5.91 Å². The molecule has 1 aliphatic heterocycles. The van der Waals surface area contributed by atoms with Crippen molar-refractivity contribution >= 4 is 11.8 Å². The number of aryl methyl sites for hydroxylation is 1. The third-order valence-electron chi connectivity index (χ3n) is 5.24. The Hall–Kier alpha value is -3.68. The van der Waals surface area contributed by atoms with E-state index < -0.39 is 6.04 Å². The van der Waals surface area contributed by atoms with Gasteiger partial charge < -0.3 is 19.5 Å². The second-order valence-electron chi connectivity index (χ2n) is 7.15. The number of ether oxygens (including phenoxy) is 1. The number of methoxy groups -OCH3 is 1. The molecule has 8 heteroatoms. The number of pyridine rings is 1. The first-order valence-corrected chi connectivity index (χ1v) is 9.70. The van der Waals surface area contributed by atoms with Gasteiger partial charge in [0.05, 0.1) is 30.4 Å². The van der Waals surface area contributed by atoms with E-state index in [4.69, 9.17) is 4.74 Å². The largest absolute Gasteiger partial charge is 0.497 e. The summed E-state index contributed by atoms with van der Waals surface area (Å²) in [5, 5.41) is 2.97. The maximum atomic E-state index is 13.3. The van der Waals surface area contributed by atoms with Crippen molar-refractivity contribution in [2.24, 2.45) is 7.05 Å². The Morgan fingerprint density at radius 1 is 1.27 bits per heavy atom. The molecule has 0 bridgehead atoms. The van der Waals surface area contributed by atoms with E-state index >= 15 is 0 Å². The summed E-state index contributed by atoms with van der Waals surface area (Å²) in [6.45, 7) is 0.740. The molecule has 3 aromatic rings. The van der Waals surface area contributed by atoms with Crippen LogP contribution in [0.1, 0.15) is 33.4 Å². The lowest BCUT2D eigenvalue weighted by atomic mass is 10.00. The molecule has 0 saturated heterocycles. The molecular weight excluding hydrogens is 382 g/mol. The van der Waals surface area contributed by atoms with Crippen molar-refractivity contribution < 1.29 is 14.3 Å². The molecule has 0 saturated carbocycles. The number of nitrogens with zero attached hydrogens (tertiary/aromatic N) is 4. The van der Waals surface area contributed by atoms with Crippen molar-refractivity contribution in [3.8, 4) is 5.75 Å². The number of carbonyl (C=O) groups is 2. The molecule has 0 fully saturated rings. The summed E-state index contributed by atoms with van der Waals surface area (Å²) < 4.78 is 7.06. The Morgan fingerprint density at radius 3 is 2.90 bits per heavy atom. The van der Waals surface area contributed by atoms with Crippen LogP contribution in [0.25, 0.3) is 0 Å². The molecular formula is C22H23N5O3. The third kappa shape index (κ3) is 3.76. The van der Waals surface area contributed by atoms with Crippen LogP contribution in [0, 0.1) is 0 Å². The van der Waals surface area contributed by atoms with Gasteiger partial charge in [-0.15, -0.1) is 0 Å². The van der Waals surface area contributed by atoms with Crippen molar-refractivity contribution in [2.75, 3.05) is 13.7 Å². The number of nitrogens with one attached hydrogen (secondary N) is 1. The van der Waals surface area contributed by atoms with E-state index in [0.717, 1.165) is 22.7 Å². The highest BCUT2D eigenvalue weighted by Crippen LogP contribution is 2.30. The van der Waals surface area contributed by atoms with E-state index in [1.807, 2.05) is 35.9 Å². The van der Waals surface area contributed by atoms with Crippen molar-refractivity contribution in [1.82, 2.24) is 24.8 Å². The highest BCUT2D eigenvalue weighted by molar-refractivity contribution is 5.98. The normalized spacial score (nSPS) is 15.4. The van der Waals surface area contributed by atoms with Crippen molar-refractivity contribution in [3.05, 3.63) is 77.6 Å². The maximum absolute atomic E-state index is 13.3. The fourth-order valence-corrected chi connectivity index (χ4v) is 3.74. The van der Waals surface area contributed by atoms with Gasteiger partial charge in [0.25, 0.3) is 5.91 Å². The molecule has 1 unspecified atom stereocenters. The molecule has 0 aliphatic carbocycles. The molecule has 0 spiro atoms. The van der Waals surface area contributed by atoms with Crippen LogP contribution in [0.4, 0.5) is 0 Å². The van der Waals surface area contributed by atoms with Crippen molar-refractivity contribution in [1.29, 1.82) is 0 Å². The van der Waals surface area contributed by atoms with Gasteiger partial charge in [-0.25, -0.2) is 4.98 Å². The average molecular weight is 405 g/mol. The average Bonchev–Trinajstić information content (AvgIpc) is 3.18. The minimum Gasteiger partial charge on any atom is -0.497 e. The number of benzene rings is 1. The van der Waals surface area contributed by atoms with Crippen LogP contribution < -0.4 is 10.1 Å². The first-order chi connectivity index (χ1) is 14.6. The highest BCUT2D eigenvalue weighted by atomic mass is 16.5. The second-order valence-corrected chi connectivity index (χ2v) is 7.15. The fourth-order valence-electron chi connectivity index (χ4n) is 3.74. The predicted octanol–water partition coefficient (Wildman–Crippen LogP) is 1.88. The van der Waals surface area contributed by atoms with Gasteiger partial charge in [-0.3, -0.25) is 14.6 Å². The van der Waals surface area contributed by atoms with Gasteiger partial charge in [0.1, 0.15) is 5.75 Å². The molecule has 1 aromatic carbocycles. The number of imidazole rings is 1. The first kappa shape index (κ1) is 19.6. The highest BCUT2D eigenvalue weighted by Gasteiger charge is 2.39. The molecule has 2 aromatic heterocycles. The van der Waals surface area contributed by atoms with Crippen LogP contribution in [-0.4, -0.2) is 44.9 Å². The van der Waals surface area contributed by atoms with Gasteiger partial charge in [-0.2, -0.15) is 0 Å².